The van der Waals surface area contributed by atoms with Gasteiger partial charge in [-0.05, 0) is 41.5 Å². The second kappa shape index (κ2) is 5.81. The molecule has 22 heavy (non-hydrogen) atoms. The maximum Gasteiger partial charge on any atom is 0.340 e. The van der Waals surface area contributed by atoms with Crippen LogP contribution >= 0.6 is 15.9 Å². The monoisotopic (exact) mass is 355 g/mol. The number of benzene rings is 1. The third-order valence-electron chi connectivity index (χ3n) is 3.58. The van der Waals surface area contributed by atoms with Crippen molar-refractivity contribution < 1.29 is 9.53 Å². The Balaban J connectivity index is 2.16. The summed E-state index contributed by atoms with van der Waals surface area (Å²) in [4.78, 5) is 12.0. The van der Waals surface area contributed by atoms with Gasteiger partial charge < -0.3 is 9.14 Å². The van der Waals surface area contributed by atoms with Gasteiger partial charge in [-0.2, -0.15) is 0 Å². The minimum atomic E-state index is -0.349. The quantitative estimate of drug-likeness (QED) is 0.645. The molecule has 3 nitrogen and oxygen atoms in total. The van der Waals surface area contributed by atoms with Crippen LogP contribution in [0.3, 0.4) is 0 Å². The number of halogens is 1. The summed E-state index contributed by atoms with van der Waals surface area (Å²) in [5, 5.41) is 0. The SMILES string of the molecule is C=C(c1ccc(Br)cc1)c1cc(C(=O)OC)c2ccccn12. The van der Waals surface area contributed by atoms with Crippen molar-refractivity contribution in [2.45, 2.75) is 0 Å². The van der Waals surface area contributed by atoms with Crippen LogP contribution in [0.1, 0.15) is 21.6 Å². The van der Waals surface area contributed by atoms with Crippen molar-refractivity contribution in [1.82, 2.24) is 4.40 Å². The van der Waals surface area contributed by atoms with E-state index in [0.29, 0.717) is 5.56 Å². The first-order chi connectivity index (χ1) is 10.6. The molecular formula is C18H14BrNO2. The molecule has 3 rings (SSSR count). The second-order valence-corrected chi connectivity index (χ2v) is 5.79. The number of nitrogens with zero attached hydrogens (tertiary/aromatic N) is 1. The van der Waals surface area contributed by atoms with E-state index in [2.05, 4.69) is 22.5 Å². The Morgan fingerprint density at radius 2 is 1.91 bits per heavy atom. The van der Waals surface area contributed by atoms with E-state index >= 15 is 0 Å². The van der Waals surface area contributed by atoms with Crippen LogP contribution in [0, 0.1) is 0 Å². The van der Waals surface area contributed by atoms with Gasteiger partial charge >= 0.3 is 5.97 Å². The molecule has 0 amide bonds. The zero-order valence-corrected chi connectivity index (χ0v) is 13.6. The van der Waals surface area contributed by atoms with Crippen LogP contribution in [0.2, 0.25) is 0 Å². The fourth-order valence-electron chi connectivity index (χ4n) is 2.46. The Bertz CT molecular complexity index is 862. The lowest BCUT2D eigenvalue weighted by Gasteiger charge is -2.07. The van der Waals surface area contributed by atoms with Crippen LogP contribution in [-0.2, 0) is 4.74 Å². The Kier molecular flexibility index (Phi) is 3.86. The first-order valence-corrected chi connectivity index (χ1v) is 7.54. The van der Waals surface area contributed by atoms with Gasteiger partial charge in [0, 0.05) is 10.7 Å². The van der Waals surface area contributed by atoms with E-state index in [1.807, 2.05) is 59.1 Å². The van der Waals surface area contributed by atoms with Crippen LogP contribution in [0.25, 0.3) is 11.1 Å². The van der Waals surface area contributed by atoms with Gasteiger partial charge in [0.1, 0.15) is 0 Å². The van der Waals surface area contributed by atoms with E-state index in [1.54, 1.807) is 0 Å². The molecule has 0 bridgehead atoms. The molecule has 1 aromatic carbocycles. The normalized spacial score (nSPS) is 10.6. The van der Waals surface area contributed by atoms with Crippen LogP contribution in [0.15, 0.2) is 65.8 Å². The lowest BCUT2D eigenvalue weighted by Crippen LogP contribution is -1.99. The number of pyridine rings is 1. The molecule has 0 aliphatic carbocycles. The van der Waals surface area contributed by atoms with E-state index < -0.39 is 0 Å². The average molecular weight is 356 g/mol. The maximum absolute atomic E-state index is 12.0. The van der Waals surface area contributed by atoms with Crippen LogP contribution in [-0.4, -0.2) is 17.5 Å². The van der Waals surface area contributed by atoms with Gasteiger partial charge in [0.05, 0.1) is 23.9 Å². The Morgan fingerprint density at radius 1 is 1.18 bits per heavy atom. The molecule has 0 fully saturated rings. The van der Waals surface area contributed by atoms with E-state index in [1.165, 1.54) is 7.11 Å². The van der Waals surface area contributed by atoms with E-state index in [9.17, 15) is 4.79 Å². The molecule has 2 heterocycles. The topological polar surface area (TPSA) is 30.7 Å². The Morgan fingerprint density at radius 3 is 2.59 bits per heavy atom. The highest BCUT2D eigenvalue weighted by Crippen LogP contribution is 2.28. The largest absolute Gasteiger partial charge is 0.465 e. The molecule has 0 atom stereocenters. The number of carbonyl (C=O) groups excluding carboxylic acids is 1. The van der Waals surface area contributed by atoms with Crippen molar-refractivity contribution in [3.05, 3.63) is 82.6 Å². The third-order valence-corrected chi connectivity index (χ3v) is 4.11. The van der Waals surface area contributed by atoms with E-state index in [0.717, 1.165) is 26.8 Å². The van der Waals surface area contributed by atoms with Crippen LogP contribution in [0.5, 0.6) is 0 Å². The highest BCUT2D eigenvalue weighted by Gasteiger charge is 2.17. The molecule has 2 aromatic heterocycles. The zero-order valence-electron chi connectivity index (χ0n) is 12.0. The lowest BCUT2D eigenvalue weighted by atomic mass is 10.0. The second-order valence-electron chi connectivity index (χ2n) is 4.88. The molecule has 110 valence electrons. The molecule has 3 aromatic rings. The smallest absolute Gasteiger partial charge is 0.340 e. The first-order valence-electron chi connectivity index (χ1n) is 6.75. The molecule has 0 radical (unpaired) electrons. The number of ether oxygens (including phenoxy) is 1. The van der Waals surface area contributed by atoms with Crippen molar-refractivity contribution in [2.75, 3.05) is 7.11 Å². The lowest BCUT2D eigenvalue weighted by molar-refractivity contribution is 0.0603. The molecule has 0 saturated carbocycles. The van der Waals surface area contributed by atoms with Crippen molar-refractivity contribution in [3.8, 4) is 0 Å². The Labute approximate surface area is 137 Å². The van der Waals surface area contributed by atoms with Gasteiger partial charge in [0.15, 0.2) is 0 Å². The minimum Gasteiger partial charge on any atom is -0.465 e. The fraction of sp³-hybridized carbons (Fsp3) is 0.0556. The number of hydrogen-bond donors (Lipinski definition) is 0. The molecule has 0 aliphatic heterocycles. The summed E-state index contributed by atoms with van der Waals surface area (Å²) in [6, 6.07) is 15.5. The highest BCUT2D eigenvalue weighted by molar-refractivity contribution is 9.10. The molecule has 0 spiro atoms. The number of methoxy groups -OCH3 is 1. The zero-order chi connectivity index (χ0) is 15.7. The number of aromatic nitrogens is 1. The van der Waals surface area contributed by atoms with Crippen molar-refractivity contribution in [3.63, 3.8) is 0 Å². The summed E-state index contributed by atoms with van der Waals surface area (Å²) >= 11 is 3.43. The number of hydrogen-bond acceptors (Lipinski definition) is 2. The fourth-order valence-corrected chi connectivity index (χ4v) is 2.72. The molecule has 0 saturated heterocycles. The summed E-state index contributed by atoms with van der Waals surface area (Å²) in [5.74, 6) is -0.349. The highest BCUT2D eigenvalue weighted by atomic mass is 79.9. The molecule has 0 N–H and O–H groups in total. The summed E-state index contributed by atoms with van der Waals surface area (Å²) < 4.78 is 7.84. The van der Waals surface area contributed by atoms with Gasteiger partial charge in [-0.15, -0.1) is 0 Å². The summed E-state index contributed by atoms with van der Waals surface area (Å²) in [7, 11) is 1.39. The summed E-state index contributed by atoms with van der Waals surface area (Å²) in [5.41, 5.74) is 4.07. The average Bonchev–Trinajstić information content (AvgIpc) is 2.94. The predicted molar refractivity (Wildman–Crippen MR) is 91.0 cm³/mol. The molecule has 4 heteroatoms. The molecular weight excluding hydrogens is 342 g/mol. The van der Waals surface area contributed by atoms with E-state index in [4.69, 9.17) is 4.74 Å². The van der Waals surface area contributed by atoms with Crippen molar-refractivity contribution in [2.24, 2.45) is 0 Å². The van der Waals surface area contributed by atoms with Gasteiger partial charge in [0.2, 0.25) is 0 Å². The summed E-state index contributed by atoms with van der Waals surface area (Å²) in [6.07, 6.45) is 1.92. The van der Waals surface area contributed by atoms with Gasteiger partial charge in [-0.1, -0.05) is 40.7 Å². The van der Waals surface area contributed by atoms with Gasteiger partial charge in [-0.25, -0.2) is 4.79 Å². The van der Waals surface area contributed by atoms with E-state index in [-0.39, 0.29) is 5.97 Å². The molecule has 0 unspecified atom stereocenters. The first kappa shape index (κ1) is 14.6. The van der Waals surface area contributed by atoms with Gasteiger partial charge in [-0.3, -0.25) is 0 Å². The van der Waals surface area contributed by atoms with Crippen LogP contribution < -0.4 is 0 Å². The molecule has 0 aliphatic rings. The maximum atomic E-state index is 12.0. The number of carbonyl (C=O) groups is 1. The number of rotatable bonds is 3. The summed E-state index contributed by atoms with van der Waals surface area (Å²) in [6.45, 7) is 4.19. The number of fused-ring (bicyclic) bond motifs is 1. The van der Waals surface area contributed by atoms with Gasteiger partial charge in [0.25, 0.3) is 0 Å². The number of esters is 1. The minimum absolute atomic E-state index is 0.349. The standard InChI is InChI=1S/C18H14BrNO2/c1-12(13-6-8-14(19)9-7-13)17-11-15(18(21)22-2)16-5-3-4-10-20(16)17/h3-11H,1H2,2H3. The predicted octanol–water partition coefficient (Wildman–Crippen LogP) is 4.55. The third kappa shape index (κ3) is 2.46. The Hall–Kier alpha value is -2.33. The van der Waals surface area contributed by atoms with Crippen LogP contribution in [0.4, 0.5) is 0 Å². The van der Waals surface area contributed by atoms with Crippen molar-refractivity contribution in [1.29, 1.82) is 0 Å². The van der Waals surface area contributed by atoms with Crippen molar-refractivity contribution >= 4 is 33.0 Å².